The number of benzene rings is 2. The summed E-state index contributed by atoms with van der Waals surface area (Å²) in [6, 6.07) is 10.8. The van der Waals surface area contributed by atoms with Gasteiger partial charge < -0.3 is 10.2 Å². The number of nitrogens with one attached hydrogen (secondary N) is 1. The SMILES string of the molecule is Cc1ccc(C(=O)N2CCN(CC(=O)Nc3ccccc3SC(F)F)CC2)cc1F. The number of anilines is 1. The normalized spacial score (nSPS) is 14.8. The maximum atomic E-state index is 13.7. The summed E-state index contributed by atoms with van der Waals surface area (Å²) in [5, 5.41) is 2.68. The maximum Gasteiger partial charge on any atom is 0.288 e. The Kier molecular flexibility index (Phi) is 7.38. The number of rotatable bonds is 6. The van der Waals surface area contributed by atoms with Gasteiger partial charge in [0.15, 0.2) is 0 Å². The fraction of sp³-hybridized carbons (Fsp3) is 0.333. The van der Waals surface area contributed by atoms with Crippen LogP contribution in [-0.2, 0) is 4.79 Å². The number of halogens is 3. The number of carbonyl (C=O) groups excluding carboxylic acids is 2. The molecule has 0 radical (unpaired) electrons. The van der Waals surface area contributed by atoms with Gasteiger partial charge in [-0.2, -0.15) is 8.78 Å². The number of amides is 2. The molecule has 0 saturated carbocycles. The van der Waals surface area contributed by atoms with Crippen molar-refractivity contribution in [2.45, 2.75) is 17.6 Å². The van der Waals surface area contributed by atoms with E-state index in [4.69, 9.17) is 0 Å². The number of alkyl halides is 2. The van der Waals surface area contributed by atoms with E-state index >= 15 is 0 Å². The molecule has 5 nitrogen and oxygen atoms in total. The van der Waals surface area contributed by atoms with Crippen molar-refractivity contribution in [3.05, 3.63) is 59.4 Å². The first-order chi connectivity index (χ1) is 14.3. The molecular formula is C21H22F3N3O2S. The molecule has 0 aliphatic carbocycles. The molecule has 1 aliphatic rings. The molecule has 2 amide bonds. The number of carbonyl (C=O) groups is 2. The van der Waals surface area contributed by atoms with Gasteiger partial charge in [-0.3, -0.25) is 14.5 Å². The summed E-state index contributed by atoms with van der Waals surface area (Å²) >= 11 is 0.384. The van der Waals surface area contributed by atoms with Gasteiger partial charge in [-0.05, 0) is 36.8 Å². The highest BCUT2D eigenvalue weighted by Gasteiger charge is 2.24. The molecule has 1 N–H and O–H groups in total. The van der Waals surface area contributed by atoms with Crippen LogP contribution in [0.5, 0.6) is 0 Å². The second-order valence-corrected chi connectivity index (χ2v) is 7.99. The van der Waals surface area contributed by atoms with Crippen molar-refractivity contribution in [3.63, 3.8) is 0 Å². The molecule has 0 spiro atoms. The zero-order valence-corrected chi connectivity index (χ0v) is 17.2. The Morgan fingerprint density at radius 3 is 2.47 bits per heavy atom. The minimum absolute atomic E-state index is 0.0921. The molecule has 3 rings (SSSR count). The maximum absolute atomic E-state index is 13.7. The van der Waals surface area contributed by atoms with Gasteiger partial charge in [0.25, 0.3) is 11.7 Å². The van der Waals surface area contributed by atoms with E-state index in [0.717, 1.165) is 0 Å². The predicted octanol–water partition coefficient (Wildman–Crippen LogP) is 3.85. The van der Waals surface area contributed by atoms with Crippen molar-refractivity contribution >= 4 is 29.3 Å². The molecule has 1 aliphatic heterocycles. The molecule has 0 atom stereocenters. The molecule has 0 unspecified atom stereocenters. The van der Waals surface area contributed by atoms with Crippen LogP contribution in [0.25, 0.3) is 0 Å². The number of piperazine rings is 1. The van der Waals surface area contributed by atoms with E-state index in [1.165, 1.54) is 12.1 Å². The Morgan fingerprint density at radius 1 is 1.10 bits per heavy atom. The smallest absolute Gasteiger partial charge is 0.288 e. The van der Waals surface area contributed by atoms with E-state index < -0.39 is 11.6 Å². The van der Waals surface area contributed by atoms with Gasteiger partial charge in [-0.25, -0.2) is 4.39 Å². The Hall–Kier alpha value is -2.52. The van der Waals surface area contributed by atoms with Crippen molar-refractivity contribution in [2.75, 3.05) is 38.0 Å². The minimum atomic E-state index is -2.57. The first-order valence-corrected chi connectivity index (χ1v) is 10.3. The van der Waals surface area contributed by atoms with Crippen molar-refractivity contribution in [3.8, 4) is 0 Å². The Bertz CT molecular complexity index is 918. The van der Waals surface area contributed by atoms with E-state index in [9.17, 15) is 22.8 Å². The molecular weight excluding hydrogens is 415 g/mol. The highest BCUT2D eigenvalue weighted by atomic mass is 32.2. The second kappa shape index (κ2) is 9.99. The van der Waals surface area contributed by atoms with E-state index in [-0.39, 0.29) is 18.4 Å². The zero-order chi connectivity index (χ0) is 21.7. The molecule has 1 heterocycles. The monoisotopic (exact) mass is 437 g/mol. The van der Waals surface area contributed by atoms with E-state index in [1.807, 2.05) is 4.90 Å². The number of aryl methyl sites for hydroxylation is 1. The largest absolute Gasteiger partial charge is 0.336 e. The van der Waals surface area contributed by atoms with Gasteiger partial charge in [0.2, 0.25) is 5.91 Å². The van der Waals surface area contributed by atoms with Gasteiger partial charge in [0.05, 0.1) is 12.2 Å². The molecule has 0 aromatic heterocycles. The minimum Gasteiger partial charge on any atom is -0.336 e. The molecule has 2 aromatic rings. The highest BCUT2D eigenvalue weighted by Crippen LogP contribution is 2.31. The third-order valence-electron chi connectivity index (χ3n) is 4.82. The summed E-state index contributed by atoms with van der Waals surface area (Å²) in [7, 11) is 0. The summed E-state index contributed by atoms with van der Waals surface area (Å²) in [6.45, 7) is 3.54. The quantitative estimate of drug-likeness (QED) is 0.698. The molecule has 160 valence electrons. The van der Waals surface area contributed by atoms with Crippen LogP contribution >= 0.6 is 11.8 Å². The average molecular weight is 437 g/mol. The third kappa shape index (κ3) is 5.76. The molecule has 2 aromatic carbocycles. The molecule has 30 heavy (non-hydrogen) atoms. The van der Waals surface area contributed by atoms with Crippen LogP contribution in [0.15, 0.2) is 47.4 Å². The lowest BCUT2D eigenvalue weighted by Gasteiger charge is -2.34. The van der Waals surface area contributed by atoms with Crippen LogP contribution < -0.4 is 5.32 Å². The molecule has 1 fully saturated rings. The molecule has 9 heteroatoms. The summed E-state index contributed by atoms with van der Waals surface area (Å²) in [5.74, 6) is -3.54. The number of para-hydroxylation sites is 1. The number of hydrogen-bond donors (Lipinski definition) is 1. The lowest BCUT2D eigenvalue weighted by atomic mass is 10.1. The molecule has 1 saturated heterocycles. The Labute approximate surface area is 177 Å². The predicted molar refractivity (Wildman–Crippen MR) is 110 cm³/mol. The number of thioether (sulfide) groups is 1. The van der Waals surface area contributed by atoms with E-state index in [0.29, 0.717) is 59.7 Å². The first-order valence-electron chi connectivity index (χ1n) is 9.45. The standard InChI is InChI=1S/C21H22F3N3O2S/c1-14-6-7-15(12-16(14)22)20(29)27-10-8-26(9-11-27)13-19(28)25-17-4-2-3-5-18(17)30-21(23)24/h2-7,12,21H,8-11,13H2,1H3,(H,25,28). The summed E-state index contributed by atoms with van der Waals surface area (Å²) in [4.78, 5) is 28.7. The van der Waals surface area contributed by atoms with Gasteiger partial charge in [-0.15, -0.1) is 0 Å². The van der Waals surface area contributed by atoms with Crippen LogP contribution in [0, 0.1) is 12.7 Å². The average Bonchev–Trinajstić information content (AvgIpc) is 2.71. The van der Waals surface area contributed by atoms with Gasteiger partial charge in [0, 0.05) is 36.6 Å². The van der Waals surface area contributed by atoms with Crippen molar-refractivity contribution in [1.29, 1.82) is 0 Å². The first kappa shape index (κ1) is 22.2. The summed E-state index contributed by atoms with van der Waals surface area (Å²) in [6.07, 6.45) is 0. The van der Waals surface area contributed by atoms with Gasteiger partial charge in [0.1, 0.15) is 5.82 Å². The number of nitrogens with zero attached hydrogens (tertiary/aromatic N) is 2. The van der Waals surface area contributed by atoms with E-state index in [2.05, 4.69) is 5.32 Å². The van der Waals surface area contributed by atoms with Crippen LogP contribution in [0.4, 0.5) is 18.9 Å². The summed E-state index contributed by atoms with van der Waals surface area (Å²) < 4.78 is 39.1. The van der Waals surface area contributed by atoms with Crippen LogP contribution in [0.1, 0.15) is 15.9 Å². The van der Waals surface area contributed by atoms with Crippen LogP contribution in [0.2, 0.25) is 0 Å². The number of hydrogen-bond acceptors (Lipinski definition) is 4. The van der Waals surface area contributed by atoms with Gasteiger partial charge in [-0.1, -0.05) is 30.0 Å². The third-order valence-corrected chi connectivity index (χ3v) is 5.61. The van der Waals surface area contributed by atoms with Crippen molar-refractivity contribution in [2.24, 2.45) is 0 Å². The zero-order valence-electron chi connectivity index (χ0n) is 16.4. The lowest BCUT2D eigenvalue weighted by Crippen LogP contribution is -2.50. The Morgan fingerprint density at radius 2 is 1.80 bits per heavy atom. The molecule has 0 bridgehead atoms. The van der Waals surface area contributed by atoms with Crippen molar-refractivity contribution in [1.82, 2.24) is 9.80 Å². The lowest BCUT2D eigenvalue weighted by molar-refractivity contribution is -0.117. The fourth-order valence-corrected chi connectivity index (χ4v) is 3.77. The van der Waals surface area contributed by atoms with Crippen LogP contribution in [0.3, 0.4) is 0 Å². The second-order valence-electron chi connectivity index (χ2n) is 6.96. The topological polar surface area (TPSA) is 52.7 Å². The fourth-order valence-electron chi connectivity index (χ4n) is 3.18. The van der Waals surface area contributed by atoms with Gasteiger partial charge >= 0.3 is 0 Å². The Balaban J connectivity index is 1.51. The van der Waals surface area contributed by atoms with E-state index in [1.54, 1.807) is 42.2 Å². The van der Waals surface area contributed by atoms with Crippen LogP contribution in [-0.4, -0.2) is 60.1 Å². The van der Waals surface area contributed by atoms with Crippen molar-refractivity contribution < 1.29 is 22.8 Å². The summed E-state index contributed by atoms with van der Waals surface area (Å²) in [5.41, 5.74) is 1.14. The highest BCUT2D eigenvalue weighted by molar-refractivity contribution is 7.99.